The minimum absolute atomic E-state index is 0.267. The second-order valence-electron chi connectivity index (χ2n) is 4.06. The van der Waals surface area contributed by atoms with Gasteiger partial charge in [-0.2, -0.15) is 0 Å². The molecule has 0 amide bonds. The summed E-state index contributed by atoms with van der Waals surface area (Å²) in [7, 11) is 0. The fourth-order valence-electron chi connectivity index (χ4n) is 1.86. The van der Waals surface area contributed by atoms with Crippen molar-refractivity contribution in [1.29, 1.82) is 0 Å². The Balaban J connectivity index is 2.01. The normalized spacial score (nSPS) is 10.6. The molecule has 7 heteroatoms. The lowest BCUT2D eigenvalue weighted by atomic mass is 10.2. The maximum absolute atomic E-state index is 10.8. The number of nitro benzene ring substituents is 1. The van der Waals surface area contributed by atoms with Gasteiger partial charge in [-0.3, -0.25) is 10.1 Å². The first-order chi connectivity index (χ1) is 9.65. The van der Waals surface area contributed by atoms with E-state index in [0.717, 1.165) is 5.39 Å². The maximum Gasteiger partial charge on any atom is 0.314 e. The van der Waals surface area contributed by atoms with Crippen LogP contribution in [0.15, 0.2) is 42.7 Å². The Morgan fingerprint density at radius 1 is 1.30 bits per heavy atom. The molecule has 0 fully saturated rings. The standard InChI is InChI=1S/C13H9N3O4/c17-11-2-1-8(7-10(11)16(18)19)20-12-4-6-15-13-9(12)3-5-14-13/h1-7,17H,(H,14,15). The highest BCUT2D eigenvalue weighted by Gasteiger charge is 2.15. The van der Waals surface area contributed by atoms with Gasteiger partial charge in [0.05, 0.1) is 16.4 Å². The van der Waals surface area contributed by atoms with Gasteiger partial charge < -0.3 is 14.8 Å². The molecule has 3 rings (SSSR count). The van der Waals surface area contributed by atoms with E-state index < -0.39 is 16.4 Å². The Kier molecular flexibility index (Phi) is 2.72. The number of aromatic hydroxyl groups is 1. The van der Waals surface area contributed by atoms with E-state index in [1.165, 1.54) is 18.2 Å². The minimum atomic E-state index is -0.666. The van der Waals surface area contributed by atoms with Gasteiger partial charge in [-0.15, -0.1) is 0 Å². The molecule has 0 aliphatic heterocycles. The number of rotatable bonds is 3. The summed E-state index contributed by atoms with van der Waals surface area (Å²) >= 11 is 0. The Hall–Kier alpha value is -3.09. The Labute approximate surface area is 112 Å². The molecule has 0 atom stereocenters. The molecule has 0 spiro atoms. The first-order valence-corrected chi connectivity index (χ1v) is 5.72. The predicted molar refractivity (Wildman–Crippen MR) is 70.9 cm³/mol. The van der Waals surface area contributed by atoms with E-state index in [1.54, 1.807) is 24.5 Å². The number of phenolic OH excluding ortho intramolecular Hbond substituents is 1. The molecule has 100 valence electrons. The first kappa shape index (κ1) is 12.0. The lowest BCUT2D eigenvalue weighted by Crippen LogP contribution is -1.91. The van der Waals surface area contributed by atoms with Gasteiger partial charge >= 0.3 is 5.69 Å². The van der Waals surface area contributed by atoms with Crippen molar-refractivity contribution in [2.45, 2.75) is 0 Å². The topological polar surface area (TPSA) is 101 Å². The van der Waals surface area contributed by atoms with Crippen molar-refractivity contribution in [2.24, 2.45) is 0 Å². The predicted octanol–water partition coefficient (Wildman–Crippen LogP) is 2.97. The average molecular weight is 271 g/mol. The van der Waals surface area contributed by atoms with Gasteiger partial charge in [-0.05, 0) is 24.3 Å². The number of pyridine rings is 1. The summed E-state index contributed by atoms with van der Waals surface area (Å²) in [5.74, 6) is 0.392. The van der Waals surface area contributed by atoms with E-state index in [9.17, 15) is 15.2 Å². The molecule has 2 N–H and O–H groups in total. The summed E-state index contributed by atoms with van der Waals surface area (Å²) in [6.07, 6.45) is 3.30. The van der Waals surface area contributed by atoms with Crippen molar-refractivity contribution in [1.82, 2.24) is 9.97 Å². The molecular formula is C13H9N3O4. The van der Waals surface area contributed by atoms with E-state index in [-0.39, 0.29) is 5.75 Å². The molecule has 0 bridgehead atoms. The zero-order valence-electron chi connectivity index (χ0n) is 10.1. The molecule has 0 saturated heterocycles. The number of benzene rings is 1. The average Bonchev–Trinajstić information content (AvgIpc) is 2.90. The Bertz CT molecular complexity index is 797. The van der Waals surface area contributed by atoms with E-state index in [1.807, 2.05) is 0 Å². The third-order valence-electron chi connectivity index (χ3n) is 2.79. The third kappa shape index (κ3) is 2.01. The number of H-pyrrole nitrogens is 1. The molecule has 0 aliphatic rings. The zero-order valence-corrected chi connectivity index (χ0v) is 10.1. The summed E-state index contributed by atoms with van der Waals surface area (Å²) in [5.41, 5.74) is 0.262. The van der Waals surface area contributed by atoms with Crippen LogP contribution in [0.25, 0.3) is 11.0 Å². The molecule has 0 unspecified atom stereocenters. The summed E-state index contributed by atoms with van der Waals surface area (Å²) in [6, 6.07) is 7.32. The number of ether oxygens (including phenoxy) is 1. The van der Waals surface area contributed by atoms with Crippen molar-refractivity contribution >= 4 is 16.7 Å². The molecule has 7 nitrogen and oxygen atoms in total. The van der Waals surface area contributed by atoms with Crippen LogP contribution in [0, 0.1) is 10.1 Å². The van der Waals surface area contributed by atoms with Crippen molar-refractivity contribution in [2.75, 3.05) is 0 Å². The molecule has 2 heterocycles. The van der Waals surface area contributed by atoms with Crippen LogP contribution < -0.4 is 4.74 Å². The van der Waals surface area contributed by atoms with Crippen LogP contribution >= 0.6 is 0 Å². The van der Waals surface area contributed by atoms with Crippen LogP contribution in [-0.2, 0) is 0 Å². The van der Waals surface area contributed by atoms with Crippen LogP contribution in [0.1, 0.15) is 0 Å². The highest BCUT2D eigenvalue weighted by atomic mass is 16.6. The second kappa shape index (κ2) is 4.54. The third-order valence-corrected chi connectivity index (χ3v) is 2.79. The van der Waals surface area contributed by atoms with Gasteiger partial charge in [0.25, 0.3) is 0 Å². The molecular weight excluding hydrogens is 262 g/mol. The number of hydrogen-bond acceptors (Lipinski definition) is 5. The van der Waals surface area contributed by atoms with Crippen LogP contribution in [0.3, 0.4) is 0 Å². The monoisotopic (exact) mass is 271 g/mol. The zero-order chi connectivity index (χ0) is 14.1. The molecule has 20 heavy (non-hydrogen) atoms. The fourth-order valence-corrected chi connectivity index (χ4v) is 1.86. The van der Waals surface area contributed by atoms with Gasteiger partial charge in [0.2, 0.25) is 0 Å². The lowest BCUT2D eigenvalue weighted by Gasteiger charge is -2.06. The SMILES string of the molecule is O=[N+]([O-])c1cc(Oc2ccnc3[nH]ccc23)ccc1O. The van der Waals surface area contributed by atoms with Gasteiger partial charge in [-0.25, -0.2) is 4.98 Å². The van der Waals surface area contributed by atoms with E-state index in [2.05, 4.69) is 9.97 Å². The van der Waals surface area contributed by atoms with Gasteiger partial charge in [-0.1, -0.05) is 0 Å². The molecule has 3 aromatic rings. The van der Waals surface area contributed by atoms with Crippen LogP contribution in [0.4, 0.5) is 5.69 Å². The highest BCUT2D eigenvalue weighted by Crippen LogP contribution is 2.34. The highest BCUT2D eigenvalue weighted by molar-refractivity contribution is 5.82. The number of hydrogen-bond donors (Lipinski definition) is 2. The molecule has 0 aliphatic carbocycles. The van der Waals surface area contributed by atoms with E-state index in [4.69, 9.17) is 4.74 Å². The van der Waals surface area contributed by atoms with Crippen molar-refractivity contribution in [3.8, 4) is 17.2 Å². The smallest absolute Gasteiger partial charge is 0.314 e. The minimum Gasteiger partial charge on any atom is -0.502 e. The first-order valence-electron chi connectivity index (χ1n) is 5.72. The Morgan fingerprint density at radius 2 is 2.15 bits per heavy atom. The summed E-state index contributed by atoms with van der Waals surface area (Å²) < 4.78 is 5.62. The second-order valence-corrected chi connectivity index (χ2v) is 4.06. The molecule has 0 radical (unpaired) electrons. The van der Waals surface area contributed by atoms with Crippen LogP contribution in [0.5, 0.6) is 17.2 Å². The van der Waals surface area contributed by atoms with Crippen molar-refractivity contribution in [3.63, 3.8) is 0 Å². The number of aromatic amines is 1. The van der Waals surface area contributed by atoms with E-state index >= 15 is 0 Å². The largest absolute Gasteiger partial charge is 0.502 e. The molecule has 1 aromatic carbocycles. The van der Waals surface area contributed by atoms with Crippen LogP contribution in [0.2, 0.25) is 0 Å². The van der Waals surface area contributed by atoms with E-state index in [0.29, 0.717) is 11.4 Å². The number of nitrogens with one attached hydrogen (secondary N) is 1. The van der Waals surface area contributed by atoms with Crippen LogP contribution in [-0.4, -0.2) is 20.0 Å². The molecule has 0 saturated carbocycles. The lowest BCUT2D eigenvalue weighted by molar-refractivity contribution is -0.385. The van der Waals surface area contributed by atoms with Crippen molar-refractivity contribution < 1.29 is 14.8 Å². The number of phenols is 1. The Morgan fingerprint density at radius 3 is 2.95 bits per heavy atom. The quantitative estimate of drug-likeness (QED) is 0.563. The summed E-state index contributed by atoms with van der Waals surface area (Å²) in [6.45, 7) is 0. The summed E-state index contributed by atoms with van der Waals surface area (Å²) in [4.78, 5) is 17.2. The fraction of sp³-hybridized carbons (Fsp3) is 0. The molecule has 2 aromatic heterocycles. The number of nitrogens with zero attached hydrogens (tertiary/aromatic N) is 2. The summed E-state index contributed by atoms with van der Waals surface area (Å²) in [5, 5.41) is 20.9. The van der Waals surface area contributed by atoms with Crippen molar-refractivity contribution in [3.05, 3.63) is 52.8 Å². The maximum atomic E-state index is 10.8. The van der Waals surface area contributed by atoms with Gasteiger partial charge in [0, 0.05) is 12.4 Å². The number of aromatic nitrogens is 2. The van der Waals surface area contributed by atoms with Gasteiger partial charge in [0.1, 0.15) is 17.1 Å². The number of fused-ring (bicyclic) bond motifs is 1. The van der Waals surface area contributed by atoms with Gasteiger partial charge in [0.15, 0.2) is 5.75 Å². The number of nitro groups is 1.